The van der Waals surface area contributed by atoms with Crippen LogP contribution in [0.2, 0.25) is 13.1 Å². The molecule has 1 fully saturated rings. The summed E-state index contributed by atoms with van der Waals surface area (Å²) in [6, 6.07) is 19.9. The standard InChI is InChI=1S/C22H27N2Si.2Li/c1-25(2,23-17-18-10-4-3-5-11-18)22-16-21(24-14-8-9-15-24)19-12-6-7-13-20(19)22;;/h3-7,10-13,16,23H,8-9,14-15,17H2,1-2H3;;. The van der Waals surface area contributed by atoms with Crippen molar-refractivity contribution >= 4 is 50.5 Å². The van der Waals surface area contributed by atoms with Gasteiger partial charge in [-0.3, -0.25) is 0 Å². The van der Waals surface area contributed by atoms with Crippen LogP contribution in [0.3, 0.4) is 0 Å². The molecule has 1 N–H and O–H groups in total. The Hall–Kier alpha value is -0.648. The first-order valence-corrected chi connectivity index (χ1v) is 12.9. The molecule has 0 saturated carbocycles. The summed E-state index contributed by atoms with van der Waals surface area (Å²) in [4.78, 5) is 6.59. The first-order valence-electron chi connectivity index (χ1n) is 9.88. The third-order valence-corrected chi connectivity index (χ3v) is 10.6. The monoisotopic (exact) mass is 361 g/mol. The van der Waals surface area contributed by atoms with Crippen LogP contribution in [0, 0.1) is 0 Å². The van der Waals surface area contributed by atoms with Gasteiger partial charge < -0.3 is 0 Å². The van der Waals surface area contributed by atoms with E-state index in [-0.39, 0.29) is 22.6 Å². The summed E-state index contributed by atoms with van der Waals surface area (Å²) in [5, 5.41) is 0. The van der Waals surface area contributed by atoms with Gasteiger partial charge in [-0.2, -0.15) is 0 Å². The zero-order valence-corrected chi connectivity index (χ0v) is 18.3. The first kappa shape index (κ1) is 21.1. The normalized spacial score (nSPS) is 21.6. The van der Waals surface area contributed by atoms with Crippen LogP contribution in [-0.2, 0) is 10.3 Å². The van der Waals surface area contributed by atoms with E-state index < -0.39 is 8.24 Å². The summed E-state index contributed by atoms with van der Waals surface area (Å²) in [7, 11) is -1.77. The Balaban J connectivity index is 0.00000210. The number of fused-ring (bicyclic) bond motifs is 1. The number of allylic oxidation sites excluding steroid dienone is 1. The van der Waals surface area contributed by atoms with Gasteiger partial charge in [0.25, 0.3) is 0 Å². The number of rotatable bonds is 5. The van der Waals surface area contributed by atoms with Crippen LogP contribution in [0.25, 0.3) is 5.70 Å². The minimum atomic E-state index is -1.77. The molecule has 1 atom stereocenters. The Labute approximate surface area is 186 Å². The molecule has 1 unspecified atom stereocenters. The fraction of sp³-hybridized carbons (Fsp3) is 0.364. The molecule has 1 heterocycles. The van der Waals surface area contributed by atoms with Gasteiger partial charge in [0.1, 0.15) is 0 Å². The number of nitrogens with zero attached hydrogens (tertiary/aromatic N) is 1. The molecule has 2 aromatic rings. The van der Waals surface area contributed by atoms with Crippen molar-refractivity contribution in [3.05, 3.63) is 77.4 Å². The van der Waals surface area contributed by atoms with Crippen LogP contribution in [0.4, 0.5) is 0 Å². The van der Waals surface area contributed by atoms with Crippen molar-refractivity contribution in [2.45, 2.75) is 36.2 Å². The quantitative estimate of drug-likeness (QED) is 0.818. The Morgan fingerprint density at radius 3 is 2.33 bits per heavy atom. The van der Waals surface area contributed by atoms with Crippen LogP contribution in [0.1, 0.15) is 29.5 Å². The van der Waals surface area contributed by atoms with Crippen molar-refractivity contribution in [1.29, 1.82) is 0 Å². The zero-order chi connectivity index (χ0) is 18.2. The third kappa shape index (κ3) is 3.92. The fourth-order valence-corrected chi connectivity index (χ4v) is 6.83. The predicted octanol–water partition coefficient (Wildman–Crippen LogP) is 3.65. The molecule has 131 valence electrons. The van der Waals surface area contributed by atoms with E-state index in [0.29, 0.717) is 0 Å². The molecule has 27 heavy (non-hydrogen) atoms. The predicted molar refractivity (Wildman–Crippen MR) is 119 cm³/mol. The van der Waals surface area contributed by atoms with Crippen LogP contribution < -0.4 is 4.98 Å². The van der Waals surface area contributed by atoms with Gasteiger partial charge >= 0.3 is 168 Å². The molecule has 0 spiro atoms. The van der Waals surface area contributed by atoms with E-state index in [2.05, 4.69) is 101 Å². The summed E-state index contributed by atoms with van der Waals surface area (Å²) in [6.07, 6.45) is 5.24. The van der Waals surface area contributed by atoms with Crippen molar-refractivity contribution < 1.29 is 0 Å². The summed E-state index contributed by atoms with van der Waals surface area (Å²) in [6.45, 7) is 8.32. The summed E-state index contributed by atoms with van der Waals surface area (Å²) in [5.41, 5.74) is 5.81. The van der Waals surface area contributed by atoms with Gasteiger partial charge in [-0.15, -0.1) is 0 Å². The van der Waals surface area contributed by atoms with Crippen molar-refractivity contribution in [2.75, 3.05) is 13.1 Å². The Morgan fingerprint density at radius 2 is 1.63 bits per heavy atom. The molecule has 0 bridgehead atoms. The van der Waals surface area contributed by atoms with Crippen LogP contribution in [0.5, 0.6) is 0 Å². The number of likely N-dealkylation sites (tertiary alicyclic amines) is 1. The van der Waals surface area contributed by atoms with Gasteiger partial charge in [0, 0.05) is 18.9 Å². The SMILES string of the molecule is [Li].[Li][C]1([Si](C)(C)NCc2ccccc2)C=C(N2CCCC2)c2ccccc21. The van der Waals surface area contributed by atoms with Crippen molar-refractivity contribution in [1.82, 2.24) is 9.88 Å². The van der Waals surface area contributed by atoms with Gasteiger partial charge in [0.05, 0.1) is 0 Å². The van der Waals surface area contributed by atoms with Gasteiger partial charge in [0.15, 0.2) is 0 Å². The van der Waals surface area contributed by atoms with Gasteiger partial charge in [0.2, 0.25) is 0 Å². The number of benzene rings is 2. The second-order valence-corrected chi connectivity index (χ2v) is 13.1. The second-order valence-electron chi connectivity index (χ2n) is 8.44. The summed E-state index contributed by atoms with van der Waals surface area (Å²) < 4.78 is 0.107. The molecule has 2 nitrogen and oxygen atoms in total. The molecule has 1 saturated heterocycles. The molecule has 1 aliphatic heterocycles. The molecule has 0 amide bonds. The van der Waals surface area contributed by atoms with E-state index in [1.54, 1.807) is 0 Å². The molecule has 1 aliphatic carbocycles. The number of hydrogen-bond donors (Lipinski definition) is 1. The molecule has 4 rings (SSSR count). The van der Waals surface area contributed by atoms with Crippen molar-refractivity contribution in [2.24, 2.45) is 0 Å². The van der Waals surface area contributed by atoms with Crippen LogP contribution >= 0.6 is 0 Å². The second kappa shape index (κ2) is 8.38. The van der Waals surface area contributed by atoms with Crippen molar-refractivity contribution in [3.63, 3.8) is 0 Å². The molecular weight excluding hydrogens is 334 g/mol. The van der Waals surface area contributed by atoms with E-state index in [9.17, 15) is 0 Å². The van der Waals surface area contributed by atoms with Gasteiger partial charge in [-0.25, -0.2) is 0 Å². The molecular formula is C22H27Li2N2Si. The summed E-state index contributed by atoms with van der Waals surface area (Å²) in [5.74, 6) is 0. The minimum absolute atomic E-state index is 0. The Kier molecular flexibility index (Phi) is 6.54. The maximum atomic E-state index is 3.99. The van der Waals surface area contributed by atoms with Gasteiger partial charge in [-0.1, -0.05) is 0 Å². The molecule has 2 aromatic carbocycles. The Bertz CT molecular complexity index is 816. The van der Waals surface area contributed by atoms with E-state index in [1.807, 2.05) is 0 Å². The topological polar surface area (TPSA) is 15.3 Å². The fourth-order valence-electron chi connectivity index (χ4n) is 4.43. The van der Waals surface area contributed by atoms with E-state index in [1.165, 1.54) is 48.3 Å². The zero-order valence-electron chi connectivity index (χ0n) is 17.3. The maximum absolute atomic E-state index is 3.99. The first-order chi connectivity index (χ1) is 12.5. The summed E-state index contributed by atoms with van der Waals surface area (Å²) >= 11 is 2.46. The van der Waals surface area contributed by atoms with E-state index in [4.69, 9.17) is 0 Å². The van der Waals surface area contributed by atoms with Crippen LogP contribution in [-0.4, -0.2) is 62.8 Å². The van der Waals surface area contributed by atoms with Crippen molar-refractivity contribution in [3.8, 4) is 0 Å². The average Bonchev–Trinajstić information content (AvgIpc) is 3.29. The number of nitrogens with one attached hydrogen (secondary N) is 1. The number of hydrogen-bond acceptors (Lipinski definition) is 2. The van der Waals surface area contributed by atoms with E-state index in [0.717, 1.165) is 6.54 Å². The molecule has 1 radical (unpaired) electrons. The third-order valence-electron chi connectivity index (χ3n) is 6.51. The molecule has 5 heteroatoms. The molecule has 2 aliphatic rings. The van der Waals surface area contributed by atoms with E-state index >= 15 is 0 Å². The average molecular weight is 361 g/mol. The van der Waals surface area contributed by atoms with Gasteiger partial charge in [-0.05, 0) is 0 Å². The Morgan fingerprint density at radius 1 is 1.00 bits per heavy atom. The molecule has 0 aromatic heterocycles. The van der Waals surface area contributed by atoms with Crippen LogP contribution in [0.15, 0.2) is 60.7 Å².